The van der Waals surface area contributed by atoms with Crippen molar-refractivity contribution in [3.63, 3.8) is 0 Å². The van der Waals surface area contributed by atoms with Gasteiger partial charge in [-0.2, -0.15) is 0 Å². The van der Waals surface area contributed by atoms with Gasteiger partial charge in [-0.3, -0.25) is 0 Å². The monoisotopic (exact) mass is 262 g/mol. The second-order valence-corrected chi connectivity index (χ2v) is 5.87. The van der Waals surface area contributed by atoms with Crippen molar-refractivity contribution in [2.75, 3.05) is 6.54 Å². The molecule has 0 spiro atoms. The lowest BCUT2D eigenvalue weighted by Crippen LogP contribution is -2.13. The van der Waals surface area contributed by atoms with Crippen molar-refractivity contribution < 1.29 is 4.42 Å². The molecule has 3 rings (SSSR count). The molecular weight excluding hydrogens is 244 g/mol. The van der Waals surface area contributed by atoms with Crippen LogP contribution >= 0.6 is 11.3 Å². The molecule has 4 heteroatoms. The first-order valence-electron chi connectivity index (χ1n) is 6.64. The Labute approximate surface area is 111 Å². The smallest absolute Gasteiger partial charge is 0.236 e. The Morgan fingerprint density at radius 3 is 3.22 bits per heavy atom. The Kier molecular flexibility index (Phi) is 3.48. The van der Waals surface area contributed by atoms with E-state index in [0.29, 0.717) is 0 Å². The predicted molar refractivity (Wildman–Crippen MR) is 73.8 cm³/mol. The van der Waals surface area contributed by atoms with Crippen LogP contribution in [0.5, 0.6) is 0 Å². The van der Waals surface area contributed by atoms with Gasteiger partial charge in [-0.25, -0.2) is 4.98 Å². The summed E-state index contributed by atoms with van der Waals surface area (Å²) in [5.41, 5.74) is 2.49. The second kappa shape index (κ2) is 5.24. The van der Waals surface area contributed by atoms with Crippen LogP contribution in [0.2, 0.25) is 0 Å². The first-order valence-corrected chi connectivity index (χ1v) is 7.45. The molecule has 0 aromatic carbocycles. The summed E-state index contributed by atoms with van der Waals surface area (Å²) in [4.78, 5) is 7.25. The molecule has 3 nitrogen and oxygen atoms in total. The molecule has 0 fully saturated rings. The Morgan fingerprint density at radius 1 is 1.44 bits per heavy atom. The van der Waals surface area contributed by atoms with E-state index in [4.69, 9.17) is 4.42 Å². The minimum Gasteiger partial charge on any atom is -0.444 e. The highest BCUT2D eigenvalue weighted by Crippen LogP contribution is 2.36. The number of aromatic nitrogens is 1. The molecule has 0 saturated carbocycles. The molecular formula is C14H18N2OS. The molecule has 2 aromatic heterocycles. The number of thiophene rings is 1. The van der Waals surface area contributed by atoms with E-state index in [1.54, 1.807) is 6.26 Å². The van der Waals surface area contributed by atoms with Gasteiger partial charge in [0.05, 0.1) is 10.6 Å². The third kappa shape index (κ3) is 2.35. The van der Waals surface area contributed by atoms with E-state index < -0.39 is 0 Å². The summed E-state index contributed by atoms with van der Waals surface area (Å²) in [5.74, 6) is 0.780. The maximum Gasteiger partial charge on any atom is 0.236 e. The summed E-state index contributed by atoms with van der Waals surface area (Å²) < 4.78 is 5.58. The molecule has 0 amide bonds. The zero-order valence-corrected chi connectivity index (χ0v) is 11.5. The first-order chi connectivity index (χ1) is 8.86. The Hall–Kier alpha value is -1.13. The van der Waals surface area contributed by atoms with Gasteiger partial charge in [0.2, 0.25) is 5.89 Å². The third-order valence-corrected chi connectivity index (χ3v) is 4.47. The van der Waals surface area contributed by atoms with Gasteiger partial charge in [-0.05, 0) is 43.9 Å². The third-order valence-electron chi connectivity index (χ3n) is 3.24. The molecule has 1 aliphatic carbocycles. The molecule has 1 N–H and O–H groups in total. The average Bonchev–Trinajstić information content (AvgIpc) is 3.02. The van der Waals surface area contributed by atoms with Crippen molar-refractivity contribution >= 4 is 11.3 Å². The molecule has 0 radical (unpaired) electrons. The Bertz CT molecular complexity index is 508. The number of rotatable bonds is 5. The second-order valence-electron chi connectivity index (χ2n) is 4.73. The molecule has 1 aliphatic rings. The van der Waals surface area contributed by atoms with Crippen LogP contribution in [-0.4, -0.2) is 11.5 Å². The zero-order valence-electron chi connectivity index (χ0n) is 10.7. The highest BCUT2D eigenvalue weighted by atomic mass is 32.1. The minimum atomic E-state index is 0.780. The van der Waals surface area contributed by atoms with E-state index >= 15 is 0 Å². The maximum absolute atomic E-state index is 5.58. The summed E-state index contributed by atoms with van der Waals surface area (Å²) in [5, 5.41) is 3.34. The van der Waals surface area contributed by atoms with Crippen molar-refractivity contribution in [1.82, 2.24) is 10.3 Å². The molecule has 0 bridgehead atoms. The normalized spacial score (nSPS) is 14.1. The van der Waals surface area contributed by atoms with Gasteiger partial charge >= 0.3 is 0 Å². The SMILES string of the molecule is CCCNCc1coc(-c2cc3c(s2)CCC3)n1. The highest BCUT2D eigenvalue weighted by molar-refractivity contribution is 7.15. The highest BCUT2D eigenvalue weighted by Gasteiger charge is 2.17. The molecule has 96 valence electrons. The molecule has 0 atom stereocenters. The van der Waals surface area contributed by atoms with Crippen LogP contribution in [0.3, 0.4) is 0 Å². The van der Waals surface area contributed by atoms with E-state index in [-0.39, 0.29) is 0 Å². The minimum absolute atomic E-state index is 0.780. The fourth-order valence-corrected chi connectivity index (χ4v) is 3.52. The number of fused-ring (bicyclic) bond motifs is 1. The number of aryl methyl sites for hydroxylation is 2. The van der Waals surface area contributed by atoms with Gasteiger partial charge < -0.3 is 9.73 Å². The largest absolute Gasteiger partial charge is 0.444 e. The number of nitrogens with one attached hydrogen (secondary N) is 1. The fraction of sp³-hybridized carbons (Fsp3) is 0.500. The summed E-state index contributed by atoms with van der Waals surface area (Å²) in [7, 11) is 0. The molecule has 0 unspecified atom stereocenters. The van der Waals surface area contributed by atoms with Crippen molar-refractivity contribution in [3.8, 4) is 10.8 Å². The van der Waals surface area contributed by atoms with Gasteiger partial charge in [0.15, 0.2) is 0 Å². The predicted octanol–water partition coefficient (Wildman–Crippen LogP) is 3.39. The van der Waals surface area contributed by atoms with E-state index in [2.05, 4.69) is 23.3 Å². The van der Waals surface area contributed by atoms with Crippen LogP contribution in [0.15, 0.2) is 16.7 Å². The molecule has 0 saturated heterocycles. The first kappa shape index (κ1) is 11.9. The topological polar surface area (TPSA) is 38.1 Å². The van der Waals surface area contributed by atoms with E-state index in [1.165, 1.54) is 34.6 Å². The molecule has 0 aliphatic heterocycles. The van der Waals surface area contributed by atoms with Crippen molar-refractivity contribution in [2.45, 2.75) is 39.2 Å². The Balaban J connectivity index is 1.72. The van der Waals surface area contributed by atoms with Crippen LogP contribution in [0, 0.1) is 0 Å². The number of hydrogen-bond donors (Lipinski definition) is 1. The maximum atomic E-state index is 5.58. The number of oxazole rings is 1. The van der Waals surface area contributed by atoms with Gasteiger partial charge in [0, 0.05) is 11.4 Å². The standard InChI is InChI=1S/C14H18N2OS/c1-2-6-15-8-11-9-17-14(16-11)13-7-10-4-3-5-12(10)18-13/h7,9,15H,2-6,8H2,1H3. The van der Waals surface area contributed by atoms with Crippen LogP contribution in [0.25, 0.3) is 10.8 Å². The van der Waals surface area contributed by atoms with Crippen LogP contribution in [0.4, 0.5) is 0 Å². The Morgan fingerprint density at radius 2 is 2.39 bits per heavy atom. The van der Waals surface area contributed by atoms with Crippen LogP contribution in [-0.2, 0) is 19.4 Å². The van der Waals surface area contributed by atoms with Crippen LogP contribution < -0.4 is 5.32 Å². The quantitative estimate of drug-likeness (QED) is 0.839. The lowest BCUT2D eigenvalue weighted by Gasteiger charge is -1.96. The van der Waals surface area contributed by atoms with Crippen LogP contribution in [0.1, 0.15) is 35.9 Å². The fourth-order valence-electron chi connectivity index (χ4n) is 2.33. The lowest BCUT2D eigenvalue weighted by atomic mass is 10.2. The van der Waals surface area contributed by atoms with Crippen molar-refractivity contribution in [3.05, 3.63) is 28.5 Å². The van der Waals surface area contributed by atoms with Gasteiger partial charge in [0.1, 0.15) is 6.26 Å². The van der Waals surface area contributed by atoms with Gasteiger partial charge in [-0.1, -0.05) is 6.92 Å². The summed E-state index contributed by atoms with van der Waals surface area (Å²) in [6.45, 7) is 3.98. The molecule has 2 heterocycles. The number of hydrogen-bond acceptors (Lipinski definition) is 4. The summed E-state index contributed by atoms with van der Waals surface area (Å²) >= 11 is 1.84. The average molecular weight is 262 g/mol. The molecule has 18 heavy (non-hydrogen) atoms. The lowest BCUT2D eigenvalue weighted by molar-refractivity contribution is 0.571. The van der Waals surface area contributed by atoms with Gasteiger partial charge in [0.25, 0.3) is 0 Å². The van der Waals surface area contributed by atoms with E-state index in [0.717, 1.165) is 31.1 Å². The molecule has 2 aromatic rings. The van der Waals surface area contributed by atoms with Crippen molar-refractivity contribution in [2.24, 2.45) is 0 Å². The summed E-state index contributed by atoms with van der Waals surface area (Å²) in [6, 6.07) is 2.25. The number of nitrogens with zero attached hydrogens (tertiary/aromatic N) is 1. The summed E-state index contributed by atoms with van der Waals surface area (Å²) in [6.07, 6.45) is 6.66. The van der Waals surface area contributed by atoms with Crippen molar-refractivity contribution in [1.29, 1.82) is 0 Å². The zero-order chi connectivity index (χ0) is 12.4. The van der Waals surface area contributed by atoms with Gasteiger partial charge in [-0.15, -0.1) is 11.3 Å². The van der Waals surface area contributed by atoms with E-state index in [9.17, 15) is 0 Å². The van der Waals surface area contributed by atoms with E-state index in [1.807, 2.05) is 11.3 Å².